The molecule has 0 radical (unpaired) electrons. The molecule has 6 unspecified atom stereocenters. The highest BCUT2D eigenvalue weighted by Gasteiger charge is 2.32. The standard InChI is InChI=1S/C23H38N4O5/c1-7-9-19(32-6)14(4)18(28)12-25-20(13(2)3)22(24)26-15(5)21(29)16-10-8-11-17(27-16)23(30)31/h7,9,12-17,19-20,27H,8,10-11H2,1-6H3,(H2,24,26)(H,30,31)/b9-7+,25-12?. The van der Waals surface area contributed by atoms with Gasteiger partial charge in [-0.2, -0.15) is 0 Å². The Labute approximate surface area is 190 Å². The number of amidine groups is 1. The van der Waals surface area contributed by atoms with Crippen molar-refractivity contribution in [2.24, 2.45) is 27.6 Å². The number of carbonyl (C=O) groups is 3. The molecular weight excluding hydrogens is 412 g/mol. The van der Waals surface area contributed by atoms with Crippen molar-refractivity contribution in [2.45, 2.75) is 84.2 Å². The summed E-state index contributed by atoms with van der Waals surface area (Å²) in [5.74, 6) is -1.64. The molecule has 0 aromatic carbocycles. The topological polar surface area (TPSA) is 143 Å². The first-order chi connectivity index (χ1) is 15.0. The number of ether oxygens (including phenoxy) is 1. The van der Waals surface area contributed by atoms with Gasteiger partial charge in [-0.1, -0.05) is 32.9 Å². The van der Waals surface area contributed by atoms with Gasteiger partial charge >= 0.3 is 5.97 Å². The molecule has 9 nitrogen and oxygen atoms in total. The van der Waals surface area contributed by atoms with Crippen LogP contribution in [0, 0.1) is 11.8 Å². The summed E-state index contributed by atoms with van der Waals surface area (Å²) < 4.78 is 5.34. The van der Waals surface area contributed by atoms with E-state index in [1.54, 1.807) is 21.0 Å². The fourth-order valence-electron chi connectivity index (χ4n) is 3.67. The average molecular weight is 451 g/mol. The quantitative estimate of drug-likeness (QED) is 0.234. The number of Topliss-reactive ketones (excluding diaryl/α,β-unsaturated/α-hetero) is 2. The predicted molar refractivity (Wildman–Crippen MR) is 125 cm³/mol. The van der Waals surface area contributed by atoms with Crippen LogP contribution in [0.1, 0.15) is 53.9 Å². The molecule has 1 saturated heterocycles. The number of nitrogens with zero attached hydrogens (tertiary/aromatic N) is 2. The van der Waals surface area contributed by atoms with Crippen molar-refractivity contribution < 1.29 is 24.2 Å². The Bertz CT molecular complexity index is 747. The Hall–Kier alpha value is -2.39. The molecule has 9 heteroatoms. The lowest BCUT2D eigenvalue weighted by atomic mass is 9.93. The van der Waals surface area contributed by atoms with Gasteiger partial charge < -0.3 is 15.6 Å². The summed E-state index contributed by atoms with van der Waals surface area (Å²) in [5, 5.41) is 12.1. The molecule has 1 rings (SSSR count). The van der Waals surface area contributed by atoms with Gasteiger partial charge in [0, 0.05) is 7.11 Å². The molecule has 1 heterocycles. The maximum Gasteiger partial charge on any atom is 0.320 e. The molecule has 0 spiro atoms. The Balaban J connectivity index is 2.91. The summed E-state index contributed by atoms with van der Waals surface area (Å²) >= 11 is 0. The third kappa shape index (κ3) is 7.94. The fourth-order valence-corrected chi connectivity index (χ4v) is 3.67. The summed E-state index contributed by atoms with van der Waals surface area (Å²) in [6.07, 6.45) is 6.27. The molecule has 32 heavy (non-hydrogen) atoms. The van der Waals surface area contributed by atoms with Gasteiger partial charge in [0.2, 0.25) is 0 Å². The number of nitrogens with one attached hydrogen (secondary N) is 1. The maximum absolute atomic E-state index is 12.8. The van der Waals surface area contributed by atoms with Crippen molar-refractivity contribution in [2.75, 3.05) is 7.11 Å². The molecule has 1 fully saturated rings. The molecule has 6 atom stereocenters. The Morgan fingerprint density at radius 1 is 1.16 bits per heavy atom. The first kappa shape index (κ1) is 27.6. The highest BCUT2D eigenvalue weighted by molar-refractivity contribution is 6.28. The van der Waals surface area contributed by atoms with Crippen molar-refractivity contribution in [1.29, 1.82) is 0 Å². The van der Waals surface area contributed by atoms with E-state index in [9.17, 15) is 19.5 Å². The Morgan fingerprint density at radius 3 is 2.31 bits per heavy atom. The minimum atomic E-state index is -0.962. The van der Waals surface area contributed by atoms with Crippen LogP contribution in [0.3, 0.4) is 0 Å². The molecule has 0 amide bonds. The van der Waals surface area contributed by atoms with Gasteiger partial charge in [-0.15, -0.1) is 0 Å². The van der Waals surface area contributed by atoms with Crippen LogP contribution < -0.4 is 11.1 Å². The number of piperidine rings is 1. The zero-order valence-electron chi connectivity index (χ0n) is 19.9. The number of aliphatic carboxylic acids is 1. The second kappa shape index (κ2) is 13.2. The minimum absolute atomic E-state index is 0.0432. The van der Waals surface area contributed by atoms with Crippen LogP contribution in [-0.4, -0.2) is 72.1 Å². The summed E-state index contributed by atoms with van der Waals surface area (Å²) in [6.45, 7) is 9.07. The highest BCUT2D eigenvalue weighted by atomic mass is 16.5. The van der Waals surface area contributed by atoms with Crippen molar-refractivity contribution >= 4 is 29.6 Å². The predicted octanol–water partition coefficient (Wildman–Crippen LogP) is 1.79. The molecule has 4 N–H and O–H groups in total. The van der Waals surface area contributed by atoms with Gasteiger partial charge in [0.25, 0.3) is 0 Å². The van der Waals surface area contributed by atoms with Crippen LogP contribution in [0.5, 0.6) is 0 Å². The Kier molecular flexibility index (Phi) is 11.4. The number of carboxylic acids is 1. The van der Waals surface area contributed by atoms with Crippen LogP contribution >= 0.6 is 0 Å². The zero-order valence-corrected chi connectivity index (χ0v) is 19.9. The smallest absolute Gasteiger partial charge is 0.320 e. The van der Waals surface area contributed by atoms with Gasteiger partial charge in [-0.25, -0.2) is 0 Å². The van der Waals surface area contributed by atoms with E-state index < -0.39 is 36.1 Å². The van der Waals surface area contributed by atoms with Gasteiger partial charge in [0.05, 0.1) is 24.3 Å². The molecule has 1 aliphatic heterocycles. The number of methoxy groups -OCH3 is 1. The number of nitrogens with two attached hydrogens (primary N) is 1. The molecule has 0 bridgehead atoms. The SMILES string of the molecule is C/C=C/C(OC)C(C)C(=O)C=NC(C(N)=NC(C)C(=O)C1CCCC(C(=O)O)N1)C(C)C. The largest absolute Gasteiger partial charge is 0.480 e. The maximum atomic E-state index is 12.8. The molecule has 0 aromatic rings. The van der Waals surface area contributed by atoms with E-state index in [0.717, 1.165) is 0 Å². The number of hydrogen-bond donors (Lipinski definition) is 3. The molecule has 0 saturated carbocycles. The van der Waals surface area contributed by atoms with E-state index >= 15 is 0 Å². The Morgan fingerprint density at radius 2 is 1.78 bits per heavy atom. The minimum Gasteiger partial charge on any atom is -0.480 e. The van der Waals surface area contributed by atoms with E-state index in [1.807, 2.05) is 32.9 Å². The van der Waals surface area contributed by atoms with E-state index in [2.05, 4.69) is 15.3 Å². The van der Waals surface area contributed by atoms with E-state index in [4.69, 9.17) is 10.5 Å². The number of carbonyl (C=O) groups excluding carboxylic acids is 2. The van der Waals surface area contributed by atoms with Crippen LogP contribution in [-0.2, 0) is 19.1 Å². The van der Waals surface area contributed by atoms with Crippen molar-refractivity contribution in [3.05, 3.63) is 12.2 Å². The summed E-state index contributed by atoms with van der Waals surface area (Å²) in [4.78, 5) is 45.3. The van der Waals surface area contributed by atoms with Crippen LogP contribution in [0.25, 0.3) is 0 Å². The molecule has 0 aromatic heterocycles. The second-order valence-electron chi connectivity index (χ2n) is 8.56. The van der Waals surface area contributed by atoms with E-state index in [1.165, 1.54) is 6.21 Å². The summed E-state index contributed by atoms with van der Waals surface area (Å²) in [5.41, 5.74) is 6.18. The van der Waals surface area contributed by atoms with E-state index in [-0.39, 0.29) is 29.4 Å². The van der Waals surface area contributed by atoms with Crippen LogP contribution in [0.4, 0.5) is 0 Å². The molecule has 1 aliphatic rings. The molecular formula is C23H38N4O5. The first-order valence-corrected chi connectivity index (χ1v) is 11.1. The number of aliphatic imine (C=N–C) groups is 2. The lowest BCUT2D eigenvalue weighted by Gasteiger charge is -2.28. The summed E-state index contributed by atoms with van der Waals surface area (Å²) in [6, 6.07) is -2.61. The van der Waals surface area contributed by atoms with Crippen LogP contribution in [0.15, 0.2) is 22.1 Å². The van der Waals surface area contributed by atoms with Gasteiger partial charge in [-0.3, -0.25) is 29.7 Å². The van der Waals surface area contributed by atoms with Crippen LogP contribution in [0.2, 0.25) is 0 Å². The second-order valence-corrected chi connectivity index (χ2v) is 8.56. The third-order valence-electron chi connectivity index (χ3n) is 5.68. The highest BCUT2D eigenvalue weighted by Crippen LogP contribution is 2.16. The van der Waals surface area contributed by atoms with Crippen molar-refractivity contribution in [1.82, 2.24) is 5.32 Å². The van der Waals surface area contributed by atoms with Gasteiger partial charge in [0.1, 0.15) is 24.0 Å². The third-order valence-corrected chi connectivity index (χ3v) is 5.68. The van der Waals surface area contributed by atoms with Gasteiger partial charge in [-0.05, 0) is 39.0 Å². The first-order valence-electron chi connectivity index (χ1n) is 11.1. The molecule has 180 valence electrons. The number of ketones is 2. The zero-order chi connectivity index (χ0) is 24.4. The number of rotatable bonds is 12. The van der Waals surface area contributed by atoms with Crippen molar-refractivity contribution in [3.8, 4) is 0 Å². The van der Waals surface area contributed by atoms with Crippen molar-refractivity contribution in [3.63, 3.8) is 0 Å². The average Bonchev–Trinajstić information content (AvgIpc) is 2.76. The lowest BCUT2D eigenvalue weighted by molar-refractivity contribution is -0.140. The van der Waals surface area contributed by atoms with Gasteiger partial charge in [0.15, 0.2) is 11.6 Å². The number of allylic oxidation sites excluding steroid dienone is 1. The summed E-state index contributed by atoms with van der Waals surface area (Å²) in [7, 11) is 1.55. The number of hydrogen-bond acceptors (Lipinski definition) is 7. The molecule has 0 aliphatic carbocycles. The normalized spacial score (nSPS) is 23.9. The number of carboxylic acid groups (broad SMARTS) is 1. The fraction of sp³-hybridized carbons (Fsp3) is 0.696. The monoisotopic (exact) mass is 450 g/mol. The van der Waals surface area contributed by atoms with E-state index in [0.29, 0.717) is 19.3 Å². The lowest BCUT2D eigenvalue weighted by Crippen LogP contribution is -2.52.